The molecule has 0 spiro atoms. The maximum atomic E-state index is 4.85. The summed E-state index contributed by atoms with van der Waals surface area (Å²) in [5.74, 6) is 246. The number of hydrogen-bond acceptors (Lipinski definition) is 1. The average Bonchev–Trinajstić information content (AvgIpc) is 3.67. The summed E-state index contributed by atoms with van der Waals surface area (Å²) in [7, 11) is 0. The van der Waals surface area contributed by atoms with Crippen LogP contribution in [0.4, 0.5) is 0 Å². The van der Waals surface area contributed by atoms with E-state index in [0.717, 1.165) is 6.54 Å². The van der Waals surface area contributed by atoms with E-state index < -0.39 is 0 Å². The second-order valence-corrected chi connectivity index (χ2v) is 12.9. The third-order valence-corrected chi connectivity index (χ3v) is 6.19. The summed E-state index contributed by atoms with van der Waals surface area (Å²) in [6.45, 7) is 6.02. The van der Waals surface area contributed by atoms with E-state index >= 15 is 0 Å². The molecule has 103 heavy (non-hydrogen) atoms. The van der Waals surface area contributed by atoms with E-state index in [1.54, 1.807) is 13.8 Å². The molecular weight excluding hydrogens is 1240 g/mol. The first-order valence-corrected chi connectivity index (χ1v) is 26.4. The molecule has 0 aliphatic rings. The van der Waals surface area contributed by atoms with Gasteiger partial charge in [0.05, 0.1) is 0 Å². The van der Waals surface area contributed by atoms with Gasteiger partial charge in [-0.3, -0.25) is 0 Å². The van der Waals surface area contributed by atoms with Gasteiger partial charge in [-0.05, 0) is 115 Å². The molecule has 0 aliphatic carbocycles. The van der Waals surface area contributed by atoms with Gasteiger partial charge in [0.25, 0.3) is 0 Å². The Balaban J connectivity index is 0. The molecule has 0 aromatic carbocycles. The van der Waals surface area contributed by atoms with E-state index in [1.807, 2.05) is 6.92 Å². The molecule has 0 radical (unpaired) electrons. The lowest BCUT2D eigenvalue weighted by molar-refractivity contribution is 1.14. The number of rotatable bonds is 0. The van der Waals surface area contributed by atoms with E-state index in [-0.39, 0.29) is 0 Å². The lowest BCUT2D eigenvalue weighted by Crippen LogP contribution is -1.87. The molecule has 0 saturated carbocycles. The fourth-order valence-corrected chi connectivity index (χ4v) is 3.06. The average molecular weight is 1250 g/mol. The molecule has 0 aromatic rings. The Morgan fingerprint density at radius 2 is 0.126 bits per heavy atom. The van der Waals surface area contributed by atoms with Crippen LogP contribution in [0.25, 0.3) is 0 Å². The van der Waals surface area contributed by atoms with Crippen molar-refractivity contribution in [1.82, 2.24) is 0 Å². The Kier molecular flexibility index (Phi) is 68.6. The summed E-state index contributed by atoms with van der Waals surface area (Å²) in [4.78, 5) is 0. The maximum Gasteiger partial charge on any atom is 0 e. The van der Waals surface area contributed by atoms with Crippen LogP contribution in [0.3, 0.4) is 0 Å². The lowest BCUT2D eigenvalue weighted by Gasteiger charge is -1.58. The first kappa shape index (κ1) is 83.5. The van der Waals surface area contributed by atoms with E-state index in [4.69, 9.17) is 5.73 Å². The molecule has 0 bridgehead atoms. The van der Waals surface area contributed by atoms with E-state index in [2.05, 4.69) is 580 Å². The van der Waals surface area contributed by atoms with Crippen molar-refractivity contribution in [1.29, 1.82) is 0 Å². The molecule has 426 valence electrons. The van der Waals surface area contributed by atoms with Crippen molar-refractivity contribution in [2.45, 2.75) is 20.8 Å². The van der Waals surface area contributed by atoms with Crippen molar-refractivity contribution in [3.8, 4) is 580 Å². The van der Waals surface area contributed by atoms with Gasteiger partial charge >= 0.3 is 0 Å². The normalized spacial score (nSPS) is 4.04. The predicted molar refractivity (Wildman–Crippen MR) is 407 cm³/mol. The van der Waals surface area contributed by atoms with Crippen LogP contribution < -0.4 is 5.73 Å². The zero-order valence-electron chi connectivity index (χ0n) is 53.3. The minimum Gasteiger partial charge on any atom is -0.331 e. The van der Waals surface area contributed by atoms with Gasteiger partial charge in [0.15, 0.2) is 0 Å². The maximum absolute atomic E-state index is 4.85. The van der Waals surface area contributed by atoms with Gasteiger partial charge in [-0.15, -0.1) is 0 Å². The van der Waals surface area contributed by atoms with Crippen LogP contribution in [-0.4, -0.2) is 6.54 Å². The quantitative estimate of drug-likeness (QED) is 0.363. The van der Waals surface area contributed by atoms with Crippen molar-refractivity contribution in [3.05, 3.63) is 0 Å². The second-order valence-electron chi connectivity index (χ2n) is 12.9. The molecule has 0 fully saturated rings. The molecule has 0 heterocycles. The van der Waals surface area contributed by atoms with Crippen LogP contribution in [-0.2, 0) is 0 Å². The SMILES string of the molecule is CC#CC#CC#CC#CC#CC#CC#CC#CC#CC#CC#CC#CC#CC#CC#CC#CC#CC#CC#CC#CC#CC#CC#CC#CC#CC#CC#CC#CC#CC#CC#CC#CC#CC#CC#CC#CC#CC#CC#CC#CC#CC#CC#CC#CC#CC#CC#CC#CC#CC.CCN. The Bertz CT molecular complexity index is 6640. The van der Waals surface area contributed by atoms with Gasteiger partial charge in [0.1, 0.15) is 0 Å². The van der Waals surface area contributed by atoms with Gasteiger partial charge in [0, 0.05) is 474 Å². The molecule has 0 atom stereocenters. The highest BCUT2D eigenvalue weighted by atomic mass is 14.5. The van der Waals surface area contributed by atoms with Gasteiger partial charge in [-0.2, -0.15) is 0 Å². The predicted octanol–water partition coefficient (Wildman–Crippen LogP) is 1.16. The molecule has 0 aromatic heterocycles. The third-order valence-electron chi connectivity index (χ3n) is 6.19. The fourth-order valence-electron chi connectivity index (χ4n) is 3.06. The van der Waals surface area contributed by atoms with Gasteiger partial charge in [0.2, 0.25) is 0 Å². The summed E-state index contributed by atoms with van der Waals surface area (Å²) < 4.78 is 0. The summed E-state index contributed by atoms with van der Waals surface area (Å²) in [6.07, 6.45) is 0. The van der Waals surface area contributed by atoms with Crippen molar-refractivity contribution in [2.75, 3.05) is 6.54 Å². The van der Waals surface area contributed by atoms with Crippen LogP contribution in [0.5, 0.6) is 0 Å². The van der Waals surface area contributed by atoms with Gasteiger partial charge in [-0.25, -0.2) is 0 Å². The van der Waals surface area contributed by atoms with Crippen molar-refractivity contribution >= 4 is 0 Å². The first-order chi connectivity index (χ1) is 51.3. The molecule has 0 amide bonds. The third kappa shape index (κ3) is 86.9. The Hall–Kier alpha value is -21.6. The standard InChI is InChI=1S/C100H6.C2H7N/c1-3-5-7-9-11-13-15-17-19-21-23-25-27-29-31-33-35-37-39-41-43-45-47-49-51-53-55-57-59-61-63-65-67-69-71-73-75-77-79-81-83-85-87-89-91-93-95-97-99-100-98-96-94-92-90-88-86-84-82-80-78-76-74-72-70-68-66-64-62-60-58-56-54-52-50-48-46-44-42-40-38-36-34-32-30-28-26-24-22-20-18-16-14-12-10-8-6-4-2;1-2-3/h1-2H3;2-3H2,1H3. The fraction of sp³-hybridized carbons (Fsp3) is 0.0392. The molecule has 0 unspecified atom stereocenters. The molecule has 1 nitrogen and oxygen atoms in total. The second kappa shape index (κ2) is 84.6. The Morgan fingerprint density at radius 1 is 0.0971 bits per heavy atom. The number of hydrogen-bond donors (Lipinski definition) is 1. The zero-order chi connectivity index (χ0) is 74.0. The lowest BCUT2D eigenvalue weighted by atomic mass is 10.4. The van der Waals surface area contributed by atoms with Crippen LogP contribution in [0, 0.1) is 580 Å². The van der Waals surface area contributed by atoms with Crippen LogP contribution in [0.15, 0.2) is 0 Å². The highest BCUT2D eigenvalue weighted by Crippen LogP contribution is 1.67. The summed E-state index contributed by atoms with van der Waals surface area (Å²) in [5.41, 5.74) is 4.85. The minimum atomic E-state index is 0.750. The molecule has 1 heteroatoms. The monoisotopic (exact) mass is 1250 g/mol. The van der Waals surface area contributed by atoms with Crippen LogP contribution in [0.2, 0.25) is 0 Å². The topological polar surface area (TPSA) is 26.0 Å². The Labute approximate surface area is 609 Å². The molecule has 2 N–H and O–H groups in total. The molecule has 0 aliphatic heterocycles. The highest BCUT2D eigenvalue weighted by molar-refractivity contribution is 5.56. The first-order valence-electron chi connectivity index (χ1n) is 26.4. The summed E-state index contributed by atoms with van der Waals surface area (Å²) in [5, 5.41) is 0. The van der Waals surface area contributed by atoms with Gasteiger partial charge in [-0.1, -0.05) is 18.8 Å². The minimum absolute atomic E-state index is 0.750. The van der Waals surface area contributed by atoms with Crippen molar-refractivity contribution < 1.29 is 0 Å². The van der Waals surface area contributed by atoms with Crippen LogP contribution in [0.1, 0.15) is 20.8 Å². The molecule has 0 saturated heterocycles. The summed E-state index contributed by atoms with van der Waals surface area (Å²) >= 11 is 0. The summed E-state index contributed by atoms with van der Waals surface area (Å²) in [6, 6.07) is 0. The van der Waals surface area contributed by atoms with E-state index in [1.165, 1.54) is 0 Å². The van der Waals surface area contributed by atoms with Crippen molar-refractivity contribution in [2.24, 2.45) is 5.73 Å². The van der Waals surface area contributed by atoms with Gasteiger partial charge < -0.3 is 5.73 Å². The van der Waals surface area contributed by atoms with Crippen LogP contribution >= 0.6 is 0 Å². The van der Waals surface area contributed by atoms with E-state index in [0.29, 0.717) is 0 Å². The Morgan fingerprint density at radius 3 is 0.155 bits per heavy atom. The number of nitrogens with two attached hydrogens (primary N) is 1. The zero-order valence-corrected chi connectivity index (χ0v) is 53.3. The van der Waals surface area contributed by atoms with E-state index in [9.17, 15) is 0 Å². The van der Waals surface area contributed by atoms with Crippen molar-refractivity contribution in [3.63, 3.8) is 0 Å². The largest absolute Gasteiger partial charge is 0.331 e. The highest BCUT2D eigenvalue weighted by Gasteiger charge is 1.67. The molecular formula is C102H13N. The molecule has 0 rings (SSSR count). The smallest absolute Gasteiger partial charge is 0 e.